The predicted molar refractivity (Wildman–Crippen MR) is 83.2 cm³/mol. The molecule has 1 aliphatic rings. The van der Waals surface area contributed by atoms with Gasteiger partial charge in [0.1, 0.15) is 24.7 Å². The van der Waals surface area contributed by atoms with E-state index in [1.54, 1.807) is 0 Å². The second-order valence-corrected chi connectivity index (χ2v) is 5.22. The zero-order valence-electron chi connectivity index (χ0n) is 12.4. The number of benzene rings is 2. The van der Waals surface area contributed by atoms with E-state index < -0.39 is 0 Å². The second kappa shape index (κ2) is 6.48. The van der Waals surface area contributed by atoms with Crippen LogP contribution in [0.25, 0.3) is 0 Å². The number of phenolic OH excluding ortho intramolecular Hbond substituents is 2. The molecule has 1 aliphatic heterocycles. The SMILES string of the molecule is O=C(NCCc1ccc2c(c1)OCCO2)c1cc(O)cc(O)c1. The first-order valence-corrected chi connectivity index (χ1v) is 7.31. The molecule has 0 spiro atoms. The van der Waals surface area contributed by atoms with Gasteiger partial charge in [0.25, 0.3) is 5.91 Å². The molecule has 0 saturated heterocycles. The molecule has 2 aromatic rings. The number of ether oxygens (including phenoxy) is 2. The van der Waals surface area contributed by atoms with Crippen LogP contribution in [-0.4, -0.2) is 35.9 Å². The van der Waals surface area contributed by atoms with Gasteiger partial charge < -0.3 is 25.0 Å². The molecule has 1 heterocycles. The minimum absolute atomic E-state index is 0.151. The van der Waals surface area contributed by atoms with Crippen LogP contribution in [0, 0.1) is 0 Å². The summed E-state index contributed by atoms with van der Waals surface area (Å²) in [5.74, 6) is 0.801. The lowest BCUT2D eigenvalue weighted by Crippen LogP contribution is -2.25. The molecule has 1 amide bonds. The topological polar surface area (TPSA) is 88.0 Å². The first kappa shape index (κ1) is 15.0. The molecule has 0 bridgehead atoms. The van der Waals surface area contributed by atoms with Gasteiger partial charge in [0.2, 0.25) is 0 Å². The molecule has 0 saturated carbocycles. The van der Waals surface area contributed by atoms with Gasteiger partial charge in [-0.05, 0) is 36.2 Å². The minimum atomic E-state index is -0.353. The van der Waals surface area contributed by atoms with Crippen LogP contribution in [-0.2, 0) is 6.42 Å². The molecule has 6 heteroatoms. The van der Waals surface area contributed by atoms with E-state index in [9.17, 15) is 15.0 Å². The minimum Gasteiger partial charge on any atom is -0.508 e. The maximum absolute atomic E-state index is 12.0. The van der Waals surface area contributed by atoms with E-state index in [2.05, 4.69) is 5.32 Å². The fourth-order valence-electron chi connectivity index (χ4n) is 2.39. The van der Waals surface area contributed by atoms with Gasteiger partial charge in [0, 0.05) is 18.2 Å². The zero-order chi connectivity index (χ0) is 16.2. The summed E-state index contributed by atoms with van der Waals surface area (Å²) in [6.45, 7) is 1.52. The first-order valence-electron chi connectivity index (χ1n) is 7.31. The third kappa shape index (κ3) is 3.66. The number of carbonyl (C=O) groups is 1. The molecule has 120 valence electrons. The van der Waals surface area contributed by atoms with Gasteiger partial charge in [-0.25, -0.2) is 0 Å². The number of phenols is 2. The lowest BCUT2D eigenvalue weighted by Gasteiger charge is -2.18. The molecule has 0 aromatic heterocycles. The Labute approximate surface area is 133 Å². The summed E-state index contributed by atoms with van der Waals surface area (Å²) in [6, 6.07) is 9.48. The molecule has 0 aliphatic carbocycles. The number of aromatic hydroxyl groups is 2. The van der Waals surface area contributed by atoms with Crippen molar-refractivity contribution in [2.45, 2.75) is 6.42 Å². The van der Waals surface area contributed by atoms with E-state index >= 15 is 0 Å². The molecule has 0 unspecified atom stereocenters. The summed E-state index contributed by atoms with van der Waals surface area (Å²) < 4.78 is 11.0. The molecular formula is C17H17NO5. The smallest absolute Gasteiger partial charge is 0.251 e. The van der Waals surface area contributed by atoms with Crippen molar-refractivity contribution in [1.29, 1.82) is 0 Å². The Hall–Kier alpha value is -2.89. The number of hydrogen-bond donors (Lipinski definition) is 3. The van der Waals surface area contributed by atoms with Gasteiger partial charge >= 0.3 is 0 Å². The van der Waals surface area contributed by atoms with Crippen LogP contribution in [0.4, 0.5) is 0 Å². The van der Waals surface area contributed by atoms with E-state index in [0.717, 1.165) is 17.1 Å². The molecule has 23 heavy (non-hydrogen) atoms. The predicted octanol–water partition coefficient (Wildman–Crippen LogP) is 1.84. The van der Waals surface area contributed by atoms with Gasteiger partial charge in [-0.15, -0.1) is 0 Å². The summed E-state index contributed by atoms with van der Waals surface area (Å²) >= 11 is 0. The molecule has 2 aromatic carbocycles. The number of amides is 1. The van der Waals surface area contributed by atoms with Crippen molar-refractivity contribution < 1.29 is 24.5 Å². The van der Waals surface area contributed by atoms with E-state index in [1.165, 1.54) is 18.2 Å². The Bertz CT molecular complexity index is 709. The monoisotopic (exact) mass is 315 g/mol. The number of nitrogens with one attached hydrogen (secondary N) is 1. The van der Waals surface area contributed by atoms with Gasteiger partial charge in [0.15, 0.2) is 11.5 Å². The molecule has 3 rings (SSSR count). The molecule has 3 N–H and O–H groups in total. The third-order valence-corrected chi connectivity index (χ3v) is 3.47. The van der Waals surface area contributed by atoms with Gasteiger partial charge in [-0.3, -0.25) is 4.79 Å². The Morgan fingerprint density at radius 2 is 1.70 bits per heavy atom. The van der Waals surface area contributed by atoms with E-state index in [4.69, 9.17) is 9.47 Å². The highest BCUT2D eigenvalue weighted by Gasteiger charge is 2.12. The lowest BCUT2D eigenvalue weighted by molar-refractivity contribution is 0.0953. The molecule has 6 nitrogen and oxygen atoms in total. The highest BCUT2D eigenvalue weighted by atomic mass is 16.6. The number of fused-ring (bicyclic) bond motifs is 1. The highest BCUT2D eigenvalue weighted by molar-refractivity contribution is 5.95. The van der Waals surface area contributed by atoms with Crippen molar-refractivity contribution in [3.05, 3.63) is 47.5 Å². The quantitative estimate of drug-likeness (QED) is 0.801. The van der Waals surface area contributed by atoms with Crippen LogP contribution < -0.4 is 14.8 Å². The number of rotatable bonds is 4. The largest absolute Gasteiger partial charge is 0.508 e. The van der Waals surface area contributed by atoms with Crippen LogP contribution in [0.15, 0.2) is 36.4 Å². The van der Waals surface area contributed by atoms with Crippen molar-refractivity contribution in [3.63, 3.8) is 0 Å². The van der Waals surface area contributed by atoms with Gasteiger partial charge in [0.05, 0.1) is 0 Å². The van der Waals surface area contributed by atoms with E-state index in [0.29, 0.717) is 26.2 Å². The summed E-state index contributed by atoms with van der Waals surface area (Å²) in [6.07, 6.45) is 0.632. The summed E-state index contributed by atoms with van der Waals surface area (Å²) in [7, 11) is 0. The van der Waals surface area contributed by atoms with Crippen LogP contribution in [0.5, 0.6) is 23.0 Å². The van der Waals surface area contributed by atoms with E-state index in [1.807, 2.05) is 18.2 Å². The fourth-order valence-corrected chi connectivity index (χ4v) is 2.39. The Morgan fingerprint density at radius 1 is 1.00 bits per heavy atom. The third-order valence-electron chi connectivity index (χ3n) is 3.47. The average Bonchev–Trinajstić information content (AvgIpc) is 2.53. The van der Waals surface area contributed by atoms with Gasteiger partial charge in [-0.2, -0.15) is 0 Å². The lowest BCUT2D eigenvalue weighted by atomic mass is 10.1. The Kier molecular flexibility index (Phi) is 4.23. The maximum Gasteiger partial charge on any atom is 0.251 e. The Morgan fingerprint density at radius 3 is 2.43 bits per heavy atom. The fraction of sp³-hybridized carbons (Fsp3) is 0.235. The highest BCUT2D eigenvalue weighted by Crippen LogP contribution is 2.30. The van der Waals surface area contributed by atoms with Crippen LogP contribution in [0.1, 0.15) is 15.9 Å². The normalized spacial score (nSPS) is 12.7. The number of hydrogen-bond acceptors (Lipinski definition) is 5. The molecule has 0 atom stereocenters. The maximum atomic E-state index is 12.0. The first-order chi connectivity index (χ1) is 11.1. The van der Waals surface area contributed by atoms with Crippen molar-refractivity contribution >= 4 is 5.91 Å². The second-order valence-electron chi connectivity index (χ2n) is 5.22. The summed E-state index contributed by atoms with van der Waals surface area (Å²) in [5, 5.41) is 21.5. The van der Waals surface area contributed by atoms with Crippen molar-refractivity contribution in [2.24, 2.45) is 0 Å². The van der Waals surface area contributed by atoms with Crippen molar-refractivity contribution in [2.75, 3.05) is 19.8 Å². The zero-order valence-corrected chi connectivity index (χ0v) is 12.4. The van der Waals surface area contributed by atoms with Crippen molar-refractivity contribution in [1.82, 2.24) is 5.32 Å². The molecular weight excluding hydrogens is 298 g/mol. The Balaban J connectivity index is 1.57. The average molecular weight is 315 g/mol. The van der Waals surface area contributed by atoms with Crippen molar-refractivity contribution in [3.8, 4) is 23.0 Å². The van der Waals surface area contributed by atoms with Crippen LogP contribution >= 0.6 is 0 Å². The number of carbonyl (C=O) groups excluding carboxylic acids is 1. The standard InChI is InChI=1S/C17H17NO5/c19-13-8-12(9-14(20)10-13)17(21)18-4-3-11-1-2-15-16(7-11)23-6-5-22-15/h1-2,7-10,19-20H,3-6H2,(H,18,21). The molecule has 0 radical (unpaired) electrons. The van der Waals surface area contributed by atoms with E-state index in [-0.39, 0.29) is 23.0 Å². The summed E-state index contributed by atoms with van der Waals surface area (Å²) in [4.78, 5) is 12.0. The van der Waals surface area contributed by atoms with Crippen LogP contribution in [0.2, 0.25) is 0 Å². The van der Waals surface area contributed by atoms with Gasteiger partial charge in [-0.1, -0.05) is 6.07 Å². The molecule has 0 fully saturated rings. The summed E-state index contributed by atoms with van der Waals surface area (Å²) in [5.41, 5.74) is 1.23. The van der Waals surface area contributed by atoms with Crippen LogP contribution in [0.3, 0.4) is 0 Å².